The van der Waals surface area contributed by atoms with E-state index < -0.39 is 11.5 Å². The van der Waals surface area contributed by atoms with Crippen LogP contribution in [0.2, 0.25) is 0 Å². The third-order valence-electron chi connectivity index (χ3n) is 3.86. The number of benzene rings is 1. The second-order valence-corrected chi connectivity index (χ2v) is 6.74. The van der Waals surface area contributed by atoms with E-state index in [4.69, 9.17) is 14.2 Å². The summed E-state index contributed by atoms with van der Waals surface area (Å²) in [5.41, 5.74) is -0.263. The molecule has 7 heteroatoms. The minimum absolute atomic E-state index is 0.119. The quantitative estimate of drug-likeness (QED) is 0.744. The van der Waals surface area contributed by atoms with E-state index in [-0.39, 0.29) is 12.3 Å². The third-order valence-corrected chi connectivity index (χ3v) is 4.60. The molecule has 2 rings (SSSR count). The maximum absolute atomic E-state index is 12.4. The van der Waals surface area contributed by atoms with Crippen LogP contribution in [0.4, 0.5) is 0 Å². The highest BCUT2D eigenvalue weighted by atomic mass is 79.9. The van der Waals surface area contributed by atoms with Gasteiger partial charge < -0.3 is 19.5 Å². The normalized spacial score (nSPS) is 15.3. The first-order chi connectivity index (χ1) is 11.4. The maximum atomic E-state index is 12.4. The minimum Gasteiger partial charge on any atom is -0.486 e. The number of hydrogen-bond donors (Lipinski definition) is 1. The molecular weight excluding hydrogens is 378 g/mol. The molecule has 0 spiro atoms. The van der Waals surface area contributed by atoms with Crippen molar-refractivity contribution in [3.63, 3.8) is 0 Å². The Morgan fingerprint density at radius 1 is 1.29 bits per heavy atom. The highest BCUT2D eigenvalue weighted by Gasteiger charge is 2.35. The molecular formula is C17H22BrNO5. The van der Waals surface area contributed by atoms with Crippen molar-refractivity contribution in [2.45, 2.75) is 38.6 Å². The number of carbonyl (C=O) groups excluding carboxylic acids is 2. The van der Waals surface area contributed by atoms with Crippen molar-refractivity contribution in [3.8, 4) is 11.5 Å². The molecule has 1 amide bonds. The Balaban J connectivity index is 2.12. The molecule has 0 fully saturated rings. The molecule has 1 heterocycles. The summed E-state index contributed by atoms with van der Waals surface area (Å²) in [5, 5.41) is 2.79. The van der Waals surface area contributed by atoms with Crippen molar-refractivity contribution < 1.29 is 23.8 Å². The Bertz CT molecular complexity index is 634. The fourth-order valence-electron chi connectivity index (χ4n) is 2.71. The molecule has 1 unspecified atom stereocenters. The molecule has 0 saturated carbocycles. The molecule has 0 aliphatic carbocycles. The number of carbonyl (C=O) groups is 2. The minimum atomic E-state index is -1.03. The van der Waals surface area contributed by atoms with Gasteiger partial charge in [0, 0.05) is 4.47 Å². The van der Waals surface area contributed by atoms with Crippen LogP contribution in [-0.4, -0.2) is 37.7 Å². The molecule has 132 valence electrons. The van der Waals surface area contributed by atoms with E-state index in [0.29, 0.717) is 31.1 Å². The number of nitrogens with one attached hydrogen (secondary N) is 1. The first-order valence-corrected chi connectivity index (χ1v) is 8.66. The van der Waals surface area contributed by atoms with Gasteiger partial charge in [0.15, 0.2) is 11.5 Å². The first-order valence-electron chi connectivity index (χ1n) is 7.87. The second kappa shape index (κ2) is 7.88. The van der Waals surface area contributed by atoms with Gasteiger partial charge in [0.2, 0.25) is 5.91 Å². The molecule has 0 radical (unpaired) electrons. The van der Waals surface area contributed by atoms with Gasteiger partial charge in [-0.3, -0.25) is 4.79 Å². The molecule has 0 aromatic heterocycles. The molecule has 1 aliphatic heterocycles. The van der Waals surface area contributed by atoms with Crippen molar-refractivity contribution in [1.29, 1.82) is 0 Å². The summed E-state index contributed by atoms with van der Waals surface area (Å²) in [6, 6.07) is 3.58. The molecule has 0 saturated heterocycles. The molecule has 1 atom stereocenters. The number of rotatable bonds is 6. The monoisotopic (exact) mass is 399 g/mol. The van der Waals surface area contributed by atoms with Gasteiger partial charge in [-0.25, -0.2) is 4.79 Å². The SMILES string of the molecule is CCCC(C)(NC(=O)Cc1cc2c(cc1Br)OCCO2)C(=O)OC. The van der Waals surface area contributed by atoms with E-state index >= 15 is 0 Å². The Morgan fingerprint density at radius 3 is 2.50 bits per heavy atom. The zero-order valence-electron chi connectivity index (χ0n) is 14.1. The second-order valence-electron chi connectivity index (χ2n) is 5.89. The van der Waals surface area contributed by atoms with Gasteiger partial charge in [-0.05, 0) is 31.0 Å². The van der Waals surface area contributed by atoms with Crippen LogP contribution in [0.3, 0.4) is 0 Å². The van der Waals surface area contributed by atoms with Crippen molar-refractivity contribution in [3.05, 3.63) is 22.2 Å². The van der Waals surface area contributed by atoms with Crippen LogP contribution in [0.5, 0.6) is 11.5 Å². The largest absolute Gasteiger partial charge is 0.486 e. The van der Waals surface area contributed by atoms with Crippen LogP contribution in [-0.2, 0) is 20.7 Å². The molecule has 1 aliphatic rings. The van der Waals surface area contributed by atoms with E-state index in [1.54, 1.807) is 19.1 Å². The Kier molecular flexibility index (Phi) is 6.10. The van der Waals surface area contributed by atoms with E-state index in [2.05, 4.69) is 21.2 Å². The van der Waals surface area contributed by atoms with Gasteiger partial charge in [-0.2, -0.15) is 0 Å². The fraction of sp³-hybridized carbons (Fsp3) is 0.529. The first kappa shape index (κ1) is 18.6. The maximum Gasteiger partial charge on any atom is 0.331 e. The highest BCUT2D eigenvalue weighted by Crippen LogP contribution is 2.35. The van der Waals surface area contributed by atoms with Gasteiger partial charge in [-0.1, -0.05) is 29.3 Å². The lowest BCUT2D eigenvalue weighted by molar-refractivity contribution is -0.150. The van der Waals surface area contributed by atoms with E-state index in [1.807, 2.05) is 6.92 Å². The summed E-state index contributed by atoms with van der Waals surface area (Å²) >= 11 is 3.45. The van der Waals surface area contributed by atoms with Gasteiger partial charge in [0.25, 0.3) is 0 Å². The molecule has 1 aromatic carbocycles. The van der Waals surface area contributed by atoms with Crippen molar-refractivity contribution in [2.24, 2.45) is 0 Å². The summed E-state index contributed by atoms with van der Waals surface area (Å²) in [6.07, 6.45) is 1.38. The molecule has 1 N–H and O–H groups in total. The zero-order chi connectivity index (χ0) is 17.7. The number of methoxy groups -OCH3 is 1. The van der Waals surface area contributed by atoms with Crippen molar-refractivity contribution in [1.82, 2.24) is 5.32 Å². The third kappa shape index (κ3) is 4.20. The predicted octanol–water partition coefficient (Wildman–Crippen LogP) is 2.61. The average molecular weight is 400 g/mol. The molecule has 0 bridgehead atoms. The fourth-order valence-corrected chi connectivity index (χ4v) is 3.17. The van der Waals surface area contributed by atoms with Crippen LogP contribution in [0, 0.1) is 0 Å². The zero-order valence-corrected chi connectivity index (χ0v) is 15.7. The number of halogens is 1. The van der Waals surface area contributed by atoms with Gasteiger partial charge >= 0.3 is 5.97 Å². The number of amides is 1. The Morgan fingerprint density at radius 2 is 1.92 bits per heavy atom. The van der Waals surface area contributed by atoms with Gasteiger partial charge in [0.05, 0.1) is 13.5 Å². The number of hydrogen-bond acceptors (Lipinski definition) is 5. The van der Waals surface area contributed by atoms with Crippen molar-refractivity contribution in [2.75, 3.05) is 20.3 Å². The van der Waals surface area contributed by atoms with Gasteiger partial charge in [0.1, 0.15) is 18.8 Å². The van der Waals surface area contributed by atoms with E-state index in [0.717, 1.165) is 16.5 Å². The van der Waals surface area contributed by atoms with Gasteiger partial charge in [-0.15, -0.1) is 0 Å². The number of ether oxygens (including phenoxy) is 3. The smallest absolute Gasteiger partial charge is 0.331 e. The van der Waals surface area contributed by atoms with E-state index in [9.17, 15) is 9.59 Å². The van der Waals surface area contributed by atoms with Crippen LogP contribution in [0.1, 0.15) is 32.3 Å². The van der Waals surface area contributed by atoms with Crippen LogP contribution >= 0.6 is 15.9 Å². The van der Waals surface area contributed by atoms with Crippen LogP contribution in [0.25, 0.3) is 0 Å². The summed E-state index contributed by atoms with van der Waals surface area (Å²) in [6.45, 7) is 4.62. The topological polar surface area (TPSA) is 73.9 Å². The van der Waals surface area contributed by atoms with Crippen LogP contribution in [0.15, 0.2) is 16.6 Å². The Labute approximate surface area is 150 Å². The predicted molar refractivity (Wildman–Crippen MR) is 92.3 cm³/mol. The lowest BCUT2D eigenvalue weighted by Gasteiger charge is -2.27. The average Bonchev–Trinajstić information content (AvgIpc) is 2.54. The summed E-state index contributed by atoms with van der Waals surface area (Å²) < 4.78 is 16.6. The summed E-state index contributed by atoms with van der Waals surface area (Å²) in [5.74, 6) is 0.576. The van der Waals surface area contributed by atoms with E-state index in [1.165, 1.54) is 7.11 Å². The standard InChI is InChI=1S/C17H22BrNO5/c1-4-5-17(2,16(21)22-3)19-15(20)9-11-8-13-14(10-12(11)18)24-7-6-23-13/h8,10H,4-7,9H2,1-3H3,(H,19,20). The number of fused-ring (bicyclic) bond motifs is 1. The molecule has 1 aromatic rings. The van der Waals surface area contributed by atoms with Crippen molar-refractivity contribution >= 4 is 27.8 Å². The molecule has 6 nitrogen and oxygen atoms in total. The highest BCUT2D eigenvalue weighted by molar-refractivity contribution is 9.10. The Hall–Kier alpha value is -1.76. The lowest BCUT2D eigenvalue weighted by Crippen LogP contribution is -2.53. The summed E-state index contributed by atoms with van der Waals surface area (Å²) in [4.78, 5) is 24.4. The number of esters is 1. The lowest BCUT2D eigenvalue weighted by atomic mass is 9.95. The van der Waals surface area contributed by atoms with Crippen LogP contribution < -0.4 is 14.8 Å². The summed E-state index contributed by atoms with van der Waals surface area (Å²) in [7, 11) is 1.32. The molecule has 24 heavy (non-hydrogen) atoms.